The van der Waals surface area contributed by atoms with Crippen LogP contribution in [0.2, 0.25) is 0 Å². The summed E-state index contributed by atoms with van der Waals surface area (Å²) < 4.78 is 23.9. The number of aryl methyl sites for hydroxylation is 1. The number of ether oxygens (including phenoxy) is 2. The van der Waals surface area contributed by atoms with Crippen molar-refractivity contribution in [2.75, 3.05) is 19.0 Å². The van der Waals surface area contributed by atoms with Crippen LogP contribution in [0.15, 0.2) is 42.5 Å². The smallest absolute Gasteiger partial charge is 0.262 e. The molecule has 5 heteroatoms. The lowest BCUT2D eigenvalue weighted by Gasteiger charge is -2.10. The lowest BCUT2D eigenvalue weighted by molar-refractivity contribution is -0.118. The second-order valence-electron chi connectivity index (χ2n) is 4.45. The summed E-state index contributed by atoms with van der Waals surface area (Å²) in [6, 6.07) is 11.5. The zero-order chi connectivity index (χ0) is 15.2. The lowest BCUT2D eigenvalue weighted by atomic mass is 10.2. The van der Waals surface area contributed by atoms with Crippen molar-refractivity contribution in [1.82, 2.24) is 0 Å². The average Bonchev–Trinajstić information content (AvgIpc) is 2.49. The number of methoxy groups -OCH3 is 1. The van der Waals surface area contributed by atoms with Gasteiger partial charge in [-0.15, -0.1) is 0 Å². The fraction of sp³-hybridized carbons (Fsp3) is 0.188. The van der Waals surface area contributed by atoms with Crippen LogP contribution < -0.4 is 14.8 Å². The van der Waals surface area contributed by atoms with Crippen molar-refractivity contribution in [3.8, 4) is 11.5 Å². The van der Waals surface area contributed by atoms with Crippen LogP contribution in [-0.4, -0.2) is 19.6 Å². The van der Waals surface area contributed by atoms with E-state index in [2.05, 4.69) is 5.32 Å². The predicted octanol–water partition coefficient (Wildman–Crippen LogP) is 3.16. The average molecular weight is 289 g/mol. The molecule has 2 rings (SSSR count). The first-order valence-electron chi connectivity index (χ1n) is 6.42. The summed E-state index contributed by atoms with van der Waals surface area (Å²) in [6.07, 6.45) is 0. The molecule has 0 atom stereocenters. The fourth-order valence-electron chi connectivity index (χ4n) is 1.75. The summed E-state index contributed by atoms with van der Waals surface area (Å²) in [5, 5.41) is 2.57. The second-order valence-corrected chi connectivity index (χ2v) is 4.45. The molecule has 0 fully saturated rings. The van der Waals surface area contributed by atoms with Crippen LogP contribution in [0, 0.1) is 12.7 Å². The van der Waals surface area contributed by atoms with Crippen LogP contribution in [0.3, 0.4) is 0 Å². The summed E-state index contributed by atoms with van der Waals surface area (Å²) in [6.45, 7) is 1.47. The standard InChI is InChI=1S/C16H16FNO3/c1-11-7-8-12(9-13(11)17)18-16(19)10-21-15-6-4-3-5-14(15)20-2/h3-9H,10H2,1-2H3,(H,18,19). The van der Waals surface area contributed by atoms with E-state index >= 15 is 0 Å². The number of benzene rings is 2. The monoisotopic (exact) mass is 289 g/mol. The number of carbonyl (C=O) groups excluding carboxylic acids is 1. The van der Waals surface area contributed by atoms with E-state index < -0.39 is 0 Å². The van der Waals surface area contributed by atoms with Gasteiger partial charge in [-0.3, -0.25) is 4.79 Å². The summed E-state index contributed by atoms with van der Waals surface area (Å²) in [5.74, 6) is 0.291. The van der Waals surface area contributed by atoms with Crippen molar-refractivity contribution < 1.29 is 18.7 Å². The first-order valence-corrected chi connectivity index (χ1v) is 6.42. The quantitative estimate of drug-likeness (QED) is 0.919. The number of amides is 1. The third-order valence-electron chi connectivity index (χ3n) is 2.88. The predicted molar refractivity (Wildman–Crippen MR) is 78.3 cm³/mol. The highest BCUT2D eigenvalue weighted by molar-refractivity contribution is 5.91. The lowest BCUT2D eigenvalue weighted by Crippen LogP contribution is -2.20. The number of para-hydroxylation sites is 2. The van der Waals surface area contributed by atoms with Gasteiger partial charge in [0, 0.05) is 5.69 Å². The summed E-state index contributed by atoms with van der Waals surface area (Å²) in [7, 11) is 1.53. The Labute approximate surface area is 122 Å². The molecule has 0 saturated carbocycles. The summed E-state index contributed by atoms with van der Waals surface area (Å²) >= 11 is 0. The Morgan fingerprint density at radius 2 is 1.90 bits per heavy atom. The largest absolute Gasteiger partial charge is 0.493 e. The van der Waals surface area contributed by atoms with E-state index in [1.54, 1.807) is 43.3 Å². The van der Waals surface area contributed by atoms with Gasteiger partial charge in [0.2, 0.25) is 0 Å². The van der Waals surface area contributed by atoms with Crippen LogP contribution in [-0.2, 0) is 4.79 Å². The second kappa shape index (κ2) is 6.74. The zero-order valence-electron chi connectivity index (χ0n) is 11.9. The third-order valence-corrected chi connectivity index (χ3v) is 2.88. The van der Waals surface area contributed by atoms with E-state index in [0.29, 0.717) is 22.7 Å². The Bertz CT molecular complexity index is 643. The molecular weight excluding hydrogens is 273 g/mol. The van der Waals surface area contributed by atoms with Gasteiger partial charge in [-0.05, 0) is 36.8 Å². The van der Waals surface area contributed by atoms with Crippen molar-refractivity contribution in [3.05, 3.63) is 53.8 Å². The number of hydrogen-bond donors (Lipinski definition) is 1. The number of nitrogens with one attached hydrogen (secondary N) is 1. The minimum absolute atomic E-state index is 0.185. The third kappa shape index (κ3) is 3.95. The molecule has 0 aliphatic heterocycles. The van der Waals surface area contributed by atoms with Crippen LogP contribution in [0.1, 0.15) is 5.56 Å². The van der Waals surface area contributed by atoms with Crippen LogP contribution in [0.4, 0.5) is 10.1 Å². The molecule has 21 heavy (non-hydrogen) atoms. The molecular formula is C16H16FNO3. The van der Waals surface area contributed by atoms with Gasteiger partial charge in [0.1, 0.15) is 5.82 Å². The maximum absolute atomic E-state index is 13.4. The van der Waals surface area contributed by atoms with Crippen LogP contribution in [0.25, 0.3) is 0 Å². The highest BCUT2D eigenvalue weighted by Crippen LogP contribution is 2.25. The molecule has 1 N–H and O–H groups in total. The van der Waals surface area contributed by atoms with E-state index in [-0.39, 0.29) is 18.3 Å². The molecule has 0 unspecified atom stereocenters. The molecule has 4 nitrogen and oxygen atoms in total. The molecule has 0 heterocycles. The minimum Gasteiger partial charge on any atom is -0.493 e. The van der Waals surface area contributed by atoms with E-state index in [1.165, 1.54) is 13.2 Å². The molecule has 0 aliphatic carbocycles. The maximum atomic E-state index is 13.4. The molecule has 0 aromatic heterocycles. The normalized spacial score (nSPS) is 10.0. The number of carbonyl (C=O) groups is 1. The van der Waals surface area contributed by atoms with E-state index in [1.807, 2.05) is 0 Å². The van der Waals surface area contributed by atoms with Gasteiger partial charge in [-0.2, -0.15) is 0 Å². The van der Waals surface area contributed by atoms with E-state index in [0.717, 1.165) is 0 Å². The Balaban J connectivity index is 1.94. The van der Waals surface area contributed by atoms with Crippen molar-refractivity contribution in [2.45, 2.75) is 6.92 Å². The summed E-state index contributed by atoms with van der Waals surface area (Å²) in [4.78, 5) is 11.8. The SMILES string of the molecule is COc1ccccc1OCC(=O)Nc1ccc(C)c(F)c1. The van der Waals surface area contributed by atoms with Crippen LogP contribution >= 0.6 is 0 Å². The van der Waals surface area contributed by atoms with Gasteiger partial charge >= 0.3 is 0 Å². The molecule has 2 aromatic rings. The van der Waals surface area contributed by atoms with E-state index in [4.69, 9.17) is 9.47 Å². The molecule has 0 bridgehead atoms. The topological polar surface area (TPSA) is 47.6 Å². The number of rotatable bonds is 5. The molecule has 0 radical (unpaired) electrons. The Hall–Kier alpha value is -2.56. The molecule has 1 amide bonds. The minimum atomic E-state index is -0.371. The fourth-order valence-corrected chi connectivity index (χ4v) is 1.75. The molecule has 110 valence electrons. The first-order chi connectivity index (χ1) is 10.1. The first kappa shape index (κ1) is 14.8. The van der Waals surface area contributed by atoms with Gasteiger partial charge in [-0.25, -0.2) is 4.39 Å². The molecule has 0 saturated heterocycles. The van der Waals surface area contributed by atoms with Crippen LogP contribution in [0.5, 0.6) is 11.5 Å². The number of halogens is 1. The van der Waals surface area contributed by atoms with Crippen molar-refractivity contribution >= 4 is 11.6 Å². The molecule has 0 aliphatic rings. The van der Waals surface area contributed by atoms with Gasteiger partial charge in [-0.1, -0.05) is 18.2 Å². The zero-order valence-corrected chi connectivity index (χ0v) is 11.9. The summed E-state index contributed by atoms with van der Waals surface area (Å²) in [5.41, 5.74) is 0.921. The van der Waals surface area contributed by atoms with Gasteiger partial charge in [0.25, 0.3) is 5.91 Å². The van der Waals surface area contributed by atoms with Crippen molar-refractivity contribution in [2.24, 2.45) is 0 Å². The van der Waals surface area contributed by atoms with Gasteiger partial charge in [0.05, 0.1) is 7.11 Å². The maximum Gasteiger partial charge on any atom is 0.262 e. The van der Waals surface area contributed by atoms with Crippen molar-refractivity contribution in [1.29, 1.82) is 0 Å². The Morgan fingerprint density at radius 3 is 2.57 bits per heavy atom. The highest BCUT2D eigenvalue weighted by Gasteiger charge is 2.08. The number of hydrogen-bond acceptors (Lipinski definition) is 3. The van der Waals surface area contributed by atoms with Crippen molar-refractivity contribution in [3.63, 3.8) is 0 Å². The van der Waals surface area contributed by atoms with Gasteiger partial charge in [0.15, 0.2) is 18.1 Å². The molecule has 2 aromatic carbocycles. The van der Waals surface area contributed by atoms with Gasteiger partial charge < -0.3 is 14.8 Å². The Kier molecular flexibility index (Phi) is 4.77. The highest BCUT2D eigenvalue weighted by atomic mass is 19.1. The Morgan fingerprint density at radius 1 is 1.19 bits per heavy atom. The molecule has 0 spiro atoms. The van der Waals surface area contributed by atoms with E-state index in [9.17, 15) is 9.18 Å². The number of anilines is 1.